The smallest absolute Gasteiger partial charge is 0.227 e. The number of fused-ring (bicyclic) bond motifs is 1. The van der Waals surface area contributed by atoms with Crippen LogP contribution in [0.3, 0.4) is 0 Å². The molecule has 1 atom stereocenters. The van der Waals surface area contributed by atoms with Crippen molar-refractivity contribution in [3.8, 4) is 5.75 Å². The third-order valence-electron chi connectivity index (χ3n) is 5.37. The van der Waals surface area contributed by atoms with Gasteiger partial charge in [0.15, 0.2) is 5.78 Å². The molecule has 0 bridgehead atoms. The minimum Gasteiger partial charge on any atom is -0.508 e. The van der Waals surface area contributed by atoms with Crippen LogP contribution in [-0.2, 0) is 10.5 Å². The molecule has 3 aromatic rings. The number of phenols is 1. The fourth-order valence-electron chi connectivity index (χ4n) is 3.92. The van der Waals surface area contributed by atoms with Crippen LogP contribution in [0.15, 0.2) is 65.0 Å². The number of nitrogens with zero attached hydrogens (tertiary/aromatic N) is 3. The molecule has 6 nitrogen and oxygen atoms in total. The maximum Gasteiger partial charge on any atom is 0.227 e. The molecule has 1 aromatic heterocycles. The van der Waals surface area contributed by atoms with Crippen molar-refractivity contribution in [1.82, 2.24) is 14.8 Å². The number of thioether (sulfide) groups is 1. The molecule has 30 heavy (non-hydrogen) atoms. The number of rotatable bonds is 4. The Morgan fingerprint density at radius 2 is 1.97 bits per heavy atom. The van der Waals surface area contributed by atoms with E-state index in [0.717, 1.165) is 40.3 Å². The molecule has 2 aromatic carbocycles. The zero-order valence-corrected chi connectivity index (χ0v) is 17.6. The van der Waals surface area contributed by atoms with Crippen LogP contribution in [0.4, 0.5) is 5.95 Å². The van der Waals surface area contributed by atoms with Gasteiger partial charge in [-0.1, -0.05) is 53.7 Å². The molecule has 0 saturated heterocycles. The number of carbonyl (C=O) groups excluding carboxylic acids is 1. The van der Waals surface area contributed by atoms with E-state index in [-0.39, 0.29) is 17.6 Å². The first kappa shape index (κ1) is 19.2. The highest BCUT2D eigenvalue weighted by molar-refractivity contribution is 7.98. The number of benzene rings is 2. The monoisotopic (exact) mass is 438 g/mol. The summed E-state index contributed by atoms with van der Waals surface area (Å²) in [6.07, 6.45) is 2.17. The van der Waals surface area contributed by atoms with Gasteiger partial charge in [0.25, 0.3) is 0 Å². The molecular weight excluding hydrogens is 420 g/mol. The zero-order chi connectivity index (χ0) is 20.7. The second kappa shape index (κ2) is 7.81. The Bertz CT molecular complexity index is 1160. The van der Waals surface area contributed by atoms with Crippen LogP contribution >= 0.6 is 23.4 Å². The number of phenolic OH excluding ortho intramolecular Hbond substituents is 1. The SMILES string of the molecule is O=C1CCCC2=C1C(c1ccc(O)cc1)n1nc(SCc3ccccc3Cl)nc1N2. The summed E-state index contributed by atoms with van der Waals surface area (Å²) in [5.74, 6) is 1.60. The lowest BCUT2D eigenvalue weighted by Gasteiger charge is -2.32. The van der Waals surface area contributed by atoms with Gasteiger partial charge in [0, 0.05) is 28.5 Å². The summed E-state index contributed by atoms with van der Waals surface area (Å²) < 4.78 is 1.78. The lowest BCUT2D eigenvalue weighted by atomic mass is 9.85. The molecule has 1 aliphatic carbocycles. The predicted octanol–water partition coefficient (Wildman–Crippen LogP) is 4.95. The van der Waals surface area contributed by atoms with E-state index in [1.54, 1.807) is 16.8 Å². The van der Waals surface area contributed by atoms with Crippen LogP contribution in [0.25, 0.3) is 0 Å². The van der Waals surface area contributed by atoms with E-state index in [1.165, 1.54) is 11.8 Å². The molecule has 152 valence electrons. The second-order valence-electron chi connectivity index (χ2n) is 7.33. The predicted molar refractivity (Wildman–Crippen MR) is 117 cm³/mol. The number of halogens is 1. The molecule has 0 amide bonds. The summed E-state index contributed by atoms with van der Waals surface area (Å²) in [6.45, 7) is 0. The van der Waals surface area contributed by atoms with Crippen molar-refractivity contribution in [2.75, 3.05) is 5.32 Å². The highest BCUT2D eigenvalue weighted by atomic mass is 35.5. The molecule has 5 rings (SSSR count). The molecule has 0 saturated carbocycles. The molecule has 8 heteroatoms. The van der Waals surface area contributed by atoms with Gasteiger partial charge < -0.3 is 10.4 Å². The van der Waals surface area contributed by atoms with Crippen LogP contribution in [0.2, 0.25) is 5.02 Å². The van der Waals surface area contributed by atoms with Crippen LogP contribution in [0.1, 0.15) is 36.4 Å². The first-order valence-corrected chi connectivity index (χ1v) is 11.1. The topological polar surface area (TPSA) is 80.0 Å². The summed E-state index contributed by atoms with van der Waals surface area (Å²) in [5, 5.41) is 19.1. The Kier molecular flexibility index (Phi) is 5.00. The Balaban J connectivity index is 1.51. The molecule has 2 heterocycles. The van der Waals surface area contributed by atoms with Gasteiger partial charge in [-0.05, 0) is 42.2 Å². The van der Waals surface area contributed by atoms with Gasteiger partial charge in [-0.15, -0.1) is 5.10 Å². The molecule has 2 N–H and O–H groups in total. The number of hydrogen-bond donors (Lipinski definition) is 2. The average Bonchev–Trinajstić information content (AvgIpc) is 3.15. The minimum absolute atomic E-state index is 0.133. The lowest BCUT2D eigenvalue weighted by Crippen LogP contribution is -2.31. The minimum atomic E-state index is -0.355. The van der Waals surface area contributed by atoms with Crippen molar-refractivity contribution in [3.05, 3.63) is 76.0 Å². The van der Waals surface area contributed by atoms with Crippen molar-refractivity contribution < 1.29 is 9.90 Å². The maximum atomic E-state index is 12.8. The average molecular weight is 439 g/mol. The van der Waals surface area contributed by atoms with Crippen molar-refractivity contribution in [3.63, 3.8) is 0 Å². The zero-order valence-electron chi connectivity index (χ0n) is 16.0. The Labute approximate surface area is 183 Å². The number of anilines is 1. The van der Waals surface area contributed by atoms with E-state index >= 15 is 0 Å². The number of nitrogens with one attached hydrogen (secondary N) is 1. The molecule has 0 spiro atoms. The Morgan fingerprint density at radius 3 is 2.77 bits per heavy atom. The molecule has 1 aliphatic heterocycles. The first-order valence-electron chi connectivity index (χ1n) is 9.75. The molecule has 0 radical (unpaired) electrons. The van der Waals surface area contributed by atoms with Gasteiger partial charge in [0.05, 0.1) is 0 Å². The van der Waals surface area contributed by atoms with Gasteiger partial charge in [-0.2, -0.15) is 4.98 Å². The standard InChI is InChI=1S/C22H19ClN4O2S/c23-16-5-2-1-4-14(16)12-30-22-25-21-24-17-6-3-7-18(29)19(17)20(27(21)26-22)13-8-10-15(28)11-9-13/h1-2,4-5,8-11,20,28H,3,6-7,12H2,(H,24,25,26). The van der Waals surface area contributed by atoms with Crippen molar-refractivity contribution in [2.24, 2.45) is 0 Å². The summed E-state index contributed by atoms with van der Waals surface area (Å²) in [5.41, 5.74) is 3.58. The van der Waals surface area contributed by atoms with Crippen LogP contribution < -0.4 is 5.32 Å². The van der Waals surface area contributed by atoms with Crippen molar-refractivity contribution >= 4 is 35.1 Å². The number of hydrogen-bond acceptors (Lipinski definition) is 6. The van der Waals surface area contributed by atoms with Crippen molar-refractivity contribution in [1.29, 1.82) is 0 Å². The maximum absolute atomic E-state index is 12.8. The number of aromatic hydroxyl groups is 1. The third-order valence-corrected chi connectivity index (χ3v) is 6.63. The van der Waals surface area contributed by atoms with Crippen molar-refractivity contribution in [2.45, 2.75) is 36.2 Å². The van der Waals surface area contributed by atoms with E-state index in [4.69, 9.17) is 16.7 Å². The molecule has 0 fully saturated rings. The largest absolute Gasteiger partial charge is 0.508 e. The van der Waals surface area contributed by atoms with Gasteiger partial charge in [0.2, 0.25) is 11.1 Å². The van der Waals surface area contributed by atoms with Gasteiger partial charge in [0.1, 0.15) is 11.8 Å². The van der Waals surface area contributed by atoms with Crippen LogP contribution in [0.5, 0.6) is 5.75 Å². The Morgan fingerprint density at radius 1 is 1.17 bits per heavy atom. The molecular formula is C22H19ClN4O2S. The normalized spacial score (nSPS) is 18.0. The second-order valence-corrected chi connectivity index (χ2v) is 8.68. The summed E-state index contributed by atoms with van der Waals surface area (Å²) >= 11 is 7.77. The number of aromatic nitrogens is 3. The highest BCUT2D eigenvalue weighted by Crippen LogP contribution is 2.41. The van der Waals surface area contributed by atoms with Gasteiger partial charge in [-0.25, -0.2) is 4.68 Å². The first-order chi connectivity index (χ1) is 14.6. The number of ketones is 1. The fraction of sp³-hybridized carbons (Fsp3) is 0.227. The van der Waals surface area contributed by atoms with Gasteiger partial charge in [-0.3, -0.25) is 4.79 Å². The summed E-state index contributed by atoms with van der Waals surface area (Å²) in [4.78, 5) is 17.5. The highest BCUT2D eigenvalue weighted by Gasteiger charge is 2.36. The third kappa shape index (κ3) is 3.48. The van der Waals surface area contributed by atoms with Crippen LogP contribution in [-0.4, -0.2) is 25.7 Å². The fourth-order valence-corrected chi connectivity index (χ4v) is 5.04. The molecule has 1 unspecified atom stereocenters. The van der Waals surface area contributed by atoms with E-state index in [2.05, 4.69) is 10.3 Å². The van der Waals surface area contributed by atoms with E-state index < -0.39 is 0 Å². The van der Waals surface area contributed by atoms with Crippen LogP contribution in [0, 0.1) is 0 Å². The summed E-state index contributed by atoms with van der Waals surface area (Å²) in [6, 6.07) is 14.3. The number of carbonyl (C=O) groups is 1. The number of allylic oxidation sites excluding steroid dienone is 2. The number of Topliss-reactive ketones (excluding diaryl/α,β-unsaturated/α-hetero) is 1. The van der Waals surface area contributed by atoms with E-state index in [9.17, 15) is 9.90 Å². The molecule has 2 aliphatic rings. The van der Waals surface area contributed by atoms with Gasteiger partial charge >= 0.3 is 0 Å². The van der Waals surface area contributed by atoms with E-state index in [0.29, 0.717) is 23.3 Å². The summed E-state index contributed by atoms with van der Waals surface area (Å²) in [7, 11) is 0. The van der Waals surface area contributed by atoms with E-state index in [1.807, 2.05) is 36.4 Å². The quantitative estimate of drug-likeness (QED) is 0.561. The lowest BCUT2D eigenvalue weighted by molar-refractivity contribution is -0.116. The Hall–Kier alpha value is -2.77.